The zero-order chi connectivity index (χ0) is 15.0. The Morgan fingerprint density at radius 3 is 2.48 bits per heavy atom. The predicted octanol–water partition coefficient (Wildman–Crippen LogP) is 4.68. The first-order valence-corrected chi connectivity index (χ1v) is 6.99. The molecule has 4 nitrogen and oxygen atoms in total. The Balaban J connectivity index is 2.06. The normalized spacial score (nSPS) is 10.8. The van der Waals surface area contributed by atoms with E-state index < -0.39 is 0 Å². The van der Waals surface area contributed by atoms with Crippen molar-refractivity contribution >= 4 is 45.7 Å². The van der Waals surface area contributed by atoms with Gasteiger partial charge in [-0.25, -0.2) is 0 Å². The van der Waals surface area contributed by atoms with Crippen molar-refractivity contribution in [3.05, 3.63) is 61.8 Å². The SMILES string of the molecule is O=c1[nH]c(Oc2ccc(Cl)cc2Cl)nc2cc(Cl)ccc12. The number of fused-ring (bicyclic) bond motifs is 1. The van der Waals surface area contributed by atoms with Gasteiger partial charge in [0.1, 0.15) is 5.75 Å². The quantitative estimate of drug-likeness (QED) is 0.736. The zero-order valence-electron chi connectivity index (χ0n) is 10.4. The van der Waals surface area contributed by atoms with Gasteiger partial charge in [0.2, 0.25) is 0 Å². The van der Waals surface area contributed by atoms with E-state index in [1.165, 1.54) is 6.07 Å². The van der Waals surface area contributed by atoms with Crippen LogP contribution in [0.25, 0.3) is 10.9 Å². The maximum atomic E-state index is 12.0. The highest BCUT2D eigenvalue weighted by atomic mass is 35.5. The third-order valence-corrected chi connectivity index (χ3v) is 3.51. The molecule has 7 heteroatoms. The van der Waals surface area contributed by atoms with E-state index in [4.69, 9.17) is 39.5 Å². The van der Waals surface area contributed by atoms with Crippen molar-refractivity contribution < 1.29 is 4.74 Å². The molecule has 0 aliphatic heterocycles. The maximum absolute atomic E-state index is 12.0. The second-order valence-electron chi connectivity index (χ2n) is 4.21. The molecule has 2 aromatic carbocycles. The largest absolute Gasteiger partial charge is 0.424 e. The molecule has 0 atom stereocenters. The van der Waals surface area contributed by atoms with Crippen LogP contribution < -0.4 is 10.3 Å². The Labute approximate surface area is 134 Å². The van der Waals surface area contributed by atoms with Crippen LogP contribution in [0.5, 0.6) is 11.8 Å². The van der Waals surface area contributed by atoms with Crippen molar-refractivity contribution in [3.63, 3.8) is 0 Å². The number of rotatable bonds is 2. The van der Waals surface area contributed by atoms with Gasteiger partial charge in [0.15, 0.2) is 0 Å². The molecule has 3 rings (SSSR count). The number of halogens is 3. The van der Waals surface area contributed by atoms with Gasteiger partial charge in [-0.1, -0.05) is 34.8 Å². The summed E-state index contributed by atoms with van der Waals surface area (Å²) in [6.45, 7) is 0. The van der Waals surface area contributed by atoms with Gasteiger partial charge in [-0.3, -0.25) is 9.78 Å². The van der Waals surface area contributed by atoms with Crippen molar-refractivity contribution in [1.29, 1.82) is 0 Å². The first kappa shape index (κ1) is 14.2. The van der Waals surface area contributed by atoms with Crippen LogP contribution in [-0.4, -0.2) is 9.97 Å². The lowest BCUT2D eigenvalue weighted by Gasteiger charge is -2.07. The fourth-order valence-electron chi connectivity index (χ4n) is 1.80. The third kappa shape index (κ3) is 2.97. The molecule has 1 heterocycles. The first-order chi connectivity index (χ1) is 10.0. The molecule has 1 N–H and O–H groups in total. The van der Waals surface area contributed by atoms with E-state index in [2.05, 4.69) is 9.97 Å². The smallest absolute Gasteiger partial charge is 0.302 e. The van der Waals surface area contributed by atoms with Crippen molar-refractivity contribution in [3.8, 4) is 11.8 Å². The molecule has 0 saturated heterocycles. The van der Waals surface area contributed by atoms with Crippen LogP contribution in [0.4, 0.5) is 0 Å². The van der Waals surface area contributed by atoms with Crippen LogP contribution in [0.1, 0.15) is 0 Å². The molecule has 0 bridgehead atoms. The van der Waals surface area contributed by atoms with E-state index in [-0.39, 0.29) is 11.6 Å². The number of nitrogens with zero attached hydrogens (tertiary/aromatic N) is 1. The Morgan fingerprint density at radius 1 is 1.00 bits per heavy atom. The average Bonchev–Trinajstić information content (AvgIpc) is 2.41. The molecule has 0 saturated carbocycles. The fourth-order valence-corrected chi connectivity index (χ4v) is 2.41. The van der Waals surface area contributed by atoms with Crippen molar-refractivity contribution in [2.75, 3.05) is 0 Å². The van der Waals surface area contributed by atoms with Gasteiger partial charge in [-0.2, -0.15) is 4.98 Å². The summed E-state index contributed by atoms with van der Waals surface area (Å²) in [6, 6.07) is 9.58. The number of benzene rings is 2. The molecule has 0 amide bonds. The van der Waals surface area contributed by atoms with Gasteiger partial charge < -0.3 is 4.74 Å². The van der Waals surface area contributed by atoms with Crippen molar-refractivity contribution in [2.24, 2.45) is 0 Å². The summed E-state index contributed by atoms with van der Waals surface area (Å²) in [7, 11) is 0. The highest BCUT2D eigenvalue weighted by Crippen LogP contribution is 2.30. The summed E-state index contributed by atoms with van der Waals surface area (Å²) in [4.78, 5) is 18.7. The van der Waals surface area contributed by atoms with Gasteiger partial charge >= 0.3 is 6.01 Å². The van der Waals surface area contributed by atoms with E-state index in [0.717, 1.165) is 0 Å². The van der Waals surface area contributed by atoms with Crippen LogP contribution in [0.2, 0.25) is 15.1 Å². The van der Waals surface area contributed by atoms with Gasteiger partial charge in [0.25, 0.3) is 5.56 Å². The minimum atomic E-state index is -0.322. The standard InChI is InChI=1S/C14H7Cl3N2O2/c15-7-2-4-12(10(17)5-7)21-14-18-11-6-8(16)1-3-9(11)13(20)19-14/h1-6H,(H,18,19,20). The molecule has 0 radical (unpaired) electrons. The van der Waals surface area contributed by atoms with E-state index >= 15 is 0 Å². The summed E-state index contributed by atoms with van der Waals surface area (Å²) in [5, 5.41) is 1.71. The number of ether oxygens (including phenoxy) is 1. The van der Waals surface area contributed by atoms with Gasteiger partial charge in [0.05, 0.1) is 15.9 Å². The number of hydrogen-bond donors (Lipinski definition) is 1. The number of aromatic amines is 1. The van der Waals surface area contributed by atoms with Crippen LogP contribution >= 0.6 is 34.8 Å². The fraction of sp³-hybridized carbons (Fsp3) is 0. The summed E-state index contributed by atoms with van der Waals surface area (Å²) in [5.74, 6) is 0.339. The number of aromatic nitrogens is 2. The van der Waals surface area contributed by atoms with Crippen LogP contribution in [0.3, 0.4) is 0 Å². The number of hydrogen-bond acceptors (Lipinski definition) is 3. The third-order valence-electron chi connectivity index (χ3n) is 2.75. The minimum Gasteiger partial charge on any atom is -0.424 e. The lowest BCUT2D eigenvalue weighted by molar-refractivity contribution is 0.443. The molecule has 21 heavy (non-hydrogen) atoms. The Bertz CT molecular complexity index is 893. The molecule has 0 unspecified atom stereocenters. The molecular formula is C14H7Cl3N2O2. The Kier molecular flexibility index (Phi) is 3.76. The summed E-state index contributed by atoms with van der Waals surface area (Å²) >= 11 is 17.7. The minimum absolute atomic E-state index is 0.0268. The zero-order valence-corrected chi connectivity index (χ0v) is 12.6. The van der Waals surface area contributed by atoms with E-state index in [1.807, 2.05) is 0 Å². The summed E-state index contributed by atoms with van der Waals surface area (Å²) < 4.78 is 5.49. The highest BCUT2D eigenvalue weighted by Gasteiger charge is 2.09. The van der Waals surface area contributed by atoms with Gasteiger partial charge in [-0.05, 0) is 36.4 Å². The molecule has 0 aliphatic rings. The maximum Gasteiger partial charge on any atom is 0.302 e. The second-order valence-corrected chi connectivity index (χ2v) is 5.49. The molecule has 0 fully saturated rings. The average molecular weight is 342 g/mol. The second kappa shape index (κ2) is 5.56. The Hall–Kier alpha value is -1.75. The predicted molar refractivity (Wildman–Crippen MR) is 83.9 cm³/mol. The molecule has 0 aliphatic carbocycles. The van der Waals surface area contributed by atoms with Gasteiger partial charge in [-0.15, -0.1) is 0 Å². The summed E-state index contributed by atoms with van der Waals surface area (Å²) in [5.41, 5.74) is 0.114. The van der Waals surface area contributed by atoms with Crippen LogP contribution in [-0.2, 0) is 0 Å². The van der Waals surface area contributed by atoms with E-state index in [0.29, 0.717) is 31.7 Å². The first-order valence-electron chi connectivity index (χ1n) is 5.85. The van der Waals surface area contributed by atoms with Gasteiger partial charge in [0, 0.05) is 10.0 Å². The molecular weight excluding hydrogens is 335 g/mol. The topological polar surface area (TPSA) is 55.0 Å². The molecule has 3 aromatic rings. The monoisotopic (exact) mass is 340 g/mol. The highest BCUT2D eigenvalue weighted by molar-refractivity contribution is 6.35. The number of H-pyrrole nitrogens is 1. The van der Waals surface area contributed by atoms with E-state index in [1.54, 1.807) is 30.3 Å². The van der Waals surface area contributed by atoms with Crippen molar-refractivity contribution in [1.82, 2.24) is 9.97 Å². The molecule has 106 valence electrons. The molecule has 1 aromatic heterocycles. The van der Waals surface area contributed by atoms with Crippen LogP contribution in [0.15, 0.2) is 41.2 Å². The lowest BCUT2D eigenvalue weighted by Crippen LogP contribution is -2.09. The summed E-state index contributed by atoms with van der Waals surface area (Å²) in [6.07, 6.45) is 0. The lowest BCUT2D eigenvalue weighted by atomic mass is 10.2. The van der Waals surface area contributed by atoms with E-state index in [9.17, 15) is 4.79 Å². The van der Waals surface area contributed by atoms with Crippen LogP contribution in [0, 0.1) is 0 Å². The number of nitrogens with one attached hydrogen (secondary N) is 1. The van der Waals surface area contributed by atoms with Crippen molar-refractivity contribution in [2.45, 2.75) is 0 Å². The molecule has 0 spiro atoms. The Morgan fingerprint density at radius 2 is 1.71 bits per heavy atom.